The van der Waals surface area contributed by atoms with Gasteiger partial charge in [0.05, 0.1) is 27.2 Å². The van der Waals surface area contributed by atoms with Gasteiger partial charge in [-0.15, -0.1) is 0 Å². The van der Waals surface area contributed by atoms with Gasteiger partial charge in [-0.25, -0.2) is 4.79 Å². The molecular weight excluding hydrogens is 228 g/mol. The third kappa shape index (κ3) is 11.1. The van der Waals surface area contributed by atoms with Gasteiger partial charge < -0.3 is 19.3 Å². The van der Waals surface area contributed by atoms with Crippen LogP contribution in [0.5, 0.6) is 0 Å². The van der Waals surface area contributed by atoms with Crippen LogP contribution in [-0.2, 0) is 23.8 Å². The van der Waals surface area contributed by atoms with E-state index in [-0.39, 0.29) is 11.9 Å². The van der Waals surface area contributed by atoms with Crippen molar-refractivity contribution in [3.8, 4) is 0 Å². The van der Waals surface area contributed by atoms with Crippen LogP contribution >= 0.6 is 0 Å². The van der Waals surface area contributed by atoms with Gasteiger partial charge in [0.25, 0.3) is 0 Å². The van der Waals surface area contributed by atoms with Crippen LogP contribution in [0, 0.1) is 5.92 Å². The van der Waals surface area contributed by atoms with Gasteiger partial charge >= 0.3 is 11.9 Å². The van der Waals surface area contributed by atoms with Crippen molar-refractivity contribution >= 4 is 11.9 Å². The molecular formula is C11H22O6. The van der Waals surface area contributed by atoms with Crippen LogP contribution in [-0.4, -0.2) is 51.1 Å². The zero-order valence-electron chi connectivity index (χ0n) is 11.1. The topological polar surface area (TPSA) is 82.1 Å². The van der Waals surface area contributed by atoms with E-state index in [1.54, 1.807) is 21.0 Å². The molecule has 0 aromatic rings. The number of methoxy groups -OCH3 is 3. The van der Waals surface area contributed by atoms with E-state index in [0.29, 0.717) is 13.0 Å². The SMILES string of the molecule is COC(=O)C(O)C(C)C.COCCC(=O)OC. The Kier molecular flexibility index (Phi) is 12.2. The molecule has 0 amide bonds. The highest BCUT2D eigenvalue weighted by Gasteiger charge is 2.18. The summed E-state index contributed by atoms with van der Waals surface area (Å²) in [5, 5.41) is 8.92. The molecule has 6 nitrogen and oxygen atoms in total. The molecule has 0 aliphatic carbocycles. The number of ether oxygens (including phenoxy) is 3. The first kappa shape index (κ1) is 18.2. The highest BCUT2D eigenvalue weighted by molar-refractivity contribution is 5.74. The van der Waals surface area contributed by atoms with Crippen molar-refractivity contribution in [2.24, 2.45) is 5.92 Å². The summed E-state index contributed by atoms with van der Waals surface area (Å²) in [6.45, 7) is 3.94. The Morgan fingerprint density at radius 3 is 1.88 bits per heavy atom. The Balaban J connectivity index is 0. The third-order valence-corrected chi connectivity index (χ3v) is 1.81. The van der Waals surface area contributed by atoms with Crippen LogP contribution in [0.1, 0.15) is 20.3 Å². The second-order valence-electron chi connectivity index (χ2n) is 3.53. The summed E-state index contributed by atoms with van der Waals surface area (Å²) in [4.78, 5) is 20.7. The number of carbonyl (C=O) groups excluding carboxylic acids is 2. The molecule has 0 aromatic heterocycles. The lowest BCUT2D eigenvalue weighted by atomic mass is 10.1. The fourth-order valence-corrected chi connectivity index (χ4v) is 0.680. The highest BCUT2D eigenvalue weighted by Crippen LogP contribution is 2.01. The molecule has 0 heterocycles. The summed E-state index contributed by atoms with van der Waals surface area (Å²) in [7, 11) is 4.16. The zero-order chi connectivity index (χ0) is 13.8. The quantitative estimate of drug-likeness (QED) is 0.710. The third-order valence-electron chi connectivity index (χ3n) is 1.81. The number of hydrogen-bond donors (Lipinski definition) is 1. The van der Waals surface area contributed by atoms with Gasteiger partial charge in [-0.05, 0) is 5.92 Å². The van der Waals surface area contributed by atoms with Crippen molar-refractivity contribution in [2.75, 3.05) is 27.9 Å². The van der Waals surface area contributed by atoms with Crippen LogP contribution in [0.4, 0.5) is 0 Å². The minimum Gasteiger partial charge on any atom is -0.469 e. The van der Waals surface area contributed by atoms with Gasteiger partial charge in [-0.2, -0.15) is 0 Å². The number of carbonyl (C=O) groups is 2. The van der Waals surface area contributed by atoms with Crippen molar-refractivity contribution in [3.05, 3.63) is 0 Å². The Bertz CT molecular complexity index is 214. The molecule has 1 N–H and O–H groups in total. The molecule has 0 spiro atoms. The molecule has 0 saturated heterocycles. The molecule has 0 aliphatic heterocycles. The first-order valence-corrected chi connectivity index (χ1v) is 5.22. The minimum atomic E-state index is -0.977. The van der Waals surface area contributed by atoms with Crippen LogP contribution in [0.15, 0.2) is 0 Å². The normalized spacial score (nSPS) is 11.2. The molecule has 0 aromatic carbocycles. The molecule has 1 atom stereocenters. The summed E-state index contributed by atoms with van der Waals surface area (Å²) in [6.07, 6.45) is -0.637. The highest BCUT2D eigenvalue weighted by atomic mass is 16.5. The van der Waals surface area contributed by atoms with E-state index in [4.69, 9.17) is 5.11 Å². The van der Waals surface area contributed by atoms with E-state index < -0.39 is 12.1 Å². The van der Waals surface area contributed by atoms with Crippen molar-refractivity contribution in [1.82, 2.24) is 0 Å². The summed E-state index contributed by atoms with van der Waals surface area (Å²) in [5.74, 6) is -0.866. The molecule has 102 valence electrons. The van der Waals surface area contributed by atoms with Crippen LogP contribution < -0.4 is 0 Å². The van der Waals surface area contributed by atoms with E-state index in [1.165, 1.54) is 14.2 Å². The standard InChI is InChI=1S/C6H12O3.C5H10O3/c1-4(2)5(7)6(8)9-3;1-7-4-3-5(6)8-2/h4-5,7H,1-3H3;3-4H2,1-2H3. The van der Waals surface area contributed by atoms with E-state index >= 15 is 0 Å². The molecule has 0 fully saturated rings. The number of rotatable bonds is 5. The number of aliphatic hydroxyl groups is 1. The van der Waals surface area contributed by atoms with Crippen molar-refractivity contribution in [2.45, 2.75) is 26.4 Å². The zero-order valence-corrected chi connectivity index (χ0v) is 11.1. The van der Waals surface area contributed by atoms with E-state index in [9.17, 15) is 9.59 Å². The van der Waals surface area contributed by atoms with Gasteiger partial charge in [0.2, 0.25) is 0 Å². The van der Waals surface area contributed by atoms with Crippen LogP contribution in [0.25, 0.3) is 0 Å². The van der Waals surface area contributed by atoms with Crippen LogP contribution in [0.2, 0.25) is 0 Å². The summed E-state index contributed by atoms with van der Waals surface area (Å²) in [5.41, 5.74) is 0. The Morgan fingerprint density at radius 1 is 1.12 bits per heavy atom. The summed E-state index contributed by atoms with van der Waals surface area (Å²) in [6, 6.07) is 0. The molecule has 0 bridgehead atoms. The minimum absolute atomic E-state index is 0.0718. The molecule has 0 aliphatic rings. The van der Waals surface area contributed by atoms with Crippen molar-refractivity contribution < 1.29 is 28.9 Å². The van der Waals surface area contributed by atoms with Crippen molar-refractivity contribution in [1.29, 1.82) is 0 Å². The molecule has 0 rings (SSSR count). The molecule has 0 radical (unpaired) electrons. The van der Waals surface area contributed by atoms with Gasteiger partial charge in [0.15, 0.2) is 6.10 Å². The Hall–Kier alpha value is -1.14. The number of hydrogen-bond acceptors (Lipinski definition) is 6. The molecule has 1 unspecified atom stereocenters. The maximum atomic E-state index is 10.5. The van der Waals surface area contributed by atoms with E-state index in [1.807, 2.05) is 0 Å². The monoisotopic (exact) mass is 250 g/mol. The van der Waals surface area contributed by atoms with E-state index in [2.05, 4.69) is 14.2 Å². The van der Waals surface area contributed by atoms with Crippen molar-refractivity contribution in [3.63, 3.8) is 0 Å². The Morgan fingerprint density at radius 2 is 1.65 bits per heavy atom. The predicted molar refractivity (Wildman–Crippen MR) is 61.4 cm³/mol. The van der Waals surface area contributed by atoms with Gasteiger partial charge in [0, 0.05) is 7.11 Å². The predicted octanol–water partition coefficient (Wildman–Crippen LogP) is 0.372. The summed E-state index contributed by atoms with van der Waals surface area (Å²) < 4.78 is 13.2. The van der Waals surface area contributed by atoms with Gasteiger partial charge in [-0.1, -0.05) is 13.8 Å². The number of aliphatic hydroxyl groups excluding tert-OH is 1. The Labute approximate surface area is 102 Å². The second kappa shape index (κ2) is 11.3. The molecule has 17 heavy (non-hydrogen) atoms. The molecule has 6 heteroatoms. The average molecular weight is 250 g/mol. The maximum absolute atomic E-state index is 10.5. The lowest BCUT2D eigenvalue weighted by Crippen LogP contribution is -2.26. The largest absolute Gasteiger partial charge is 0.469 e. The summed E-state index contributed by atoms with van der Waals surface area (Å²) >= 11 is 0. The number of esters is 2. The van der Waals surface area contributed by atoms with Gasteiger partial charge in [-0.3, -0.25) is 4.79 Å². The fourth-order valence-electron chi connectivity index (χ4n) is 0.680. The van der Waals surface area contributed by atoms with E-state index in [0.717, 1.165) is 0 Å². The first-order chi connectivity index (χ1) is 7.90. The maximum Gasteiger partial charge on any atom is 0.334 e. The lowest BCUT2D eigenvalue weighted by molar-refractivity contribution is -0.152. The van der Waals surface area contributed by atoms with Crippen LogP contribution in [0.3, 0.4) is 0 Å². The average Bonchev–Trinajstić information content (AvgIpc) is 2.34. The lowest BCUT2D eigenvalue weighted by Gasteiger charge is -2.10. The fraction of sp³-hybridized carbons (Fsp3) is 0.818. The second-order valence-corrected chi connectivity index (χ2v) is 3.53. The van der Waals surface area contributed by atoms with Gasteiger partial charge in [0.1, 0.15) is 0 Å². The first-order valence-electron chi connectivity index (χ1n) is 5.22. The molecule has 0 saturated carbocycles. The smallest absolute Gasteiger partial charge is 0.334 e.